The molecule has 2 aliphatic rings. The monoisotopic (exact) mass is 312 g/mol. The number of carbonyl (C=O) groups excluding carboxylic acids is 1. The Labute approximate surface area is 133 Å². The quantitative estimate of drug-likeness (QED) is 0.918. The Morgan fingerprint density at radius 3 is 2.65 bits per heavy atom. The number of hydrogen-bond donors (Lipinski definition) is 1. The van der Waals surface area contributed by atoms with Gasteiger partial charge in [0.05, 0.1) is 20.1 Å². The average Bonchev–Trinajstić information content (AvgIpc) is 2.93. The van der Waals surface area contributed by atoms with Crippen LogP contribution < -0.4 is 15.2 Å². The lowest BCUT2D eigenvalue weighted by molar-refractivity contribution is -0.115. The first-order valence-corrected chi connectivity index (χ1v) is 7.16. The number of allylic oxidation sites excluding steroid dienone is 3. The second kappa shape index (κ2) is 5.69. The van der Waals surface area contributed by atoms with E-state index in [4.69, 9.17) is 19.9 Å². The van der Waals surface area contributed by atoms with Crippen LogP contribution in [0.2, 0.25) is 0 Å². The molecule has 1 heterocycles. The van der Waals surface area contributed by atoms with Crippen molar-refractivity contribution in [1.29, 1.82) is 5.26 Å². The highest BCUT2D eigenvalue weighted by Crippen LogP contribution is 2.45. The Balaban J connectivity index is 2.16. The minimum atomic E-state index is -0.529. The third kappa shape index (κ3) is 2.30. The fraction of sp³-hybridized carbons (Fsp3) is 0.294. The van der Waals surface area contributed by atoms with E-state index in [1.165, 1.54) is 7.11 Å². The summed E-state index contributed by atoms with van der Waals surface area (Å²) in [7, 11) is 3.08. The van der Waals surface area contributed by atoms with Crippen LogP contribution in [0.25, 0.3) is 0 Å². The van der Waals surface area contributed by atoms with Crippen LogP contribution in [-0.2, 0) is 9.53 Å². The average molecular weight is 312 g/mol. The summed E-state index contributed by atoms with van der Waals surface area (Å²) in [6.07, 6.45) is 0.887. The van der Waals surface area contributed by atoms with Crippen molar-refractivity contribution in [2.75, 3.05) is 14.2 Å². The molecule has 1 aliphatic carbocycles. The van der Waals surface area contributed by atoms with Gasteiger partial charge in [0.15, 0.2) is 17.3 Å². The Morgan fingerprint density at radius 2 is 2.00 bits per heavy atom. The maximum Gasteiger partial charge on any atom is 0.205 e. The van der Waals surface area contributed by atoms with Gasteiger partial charge in [-0.05, 0) is 17.7 Å². The number of nitriles is 1. The number of Topliss-reactive ketones (excluding diaryl/α,β-unsaturated/α-hetero) is 1. The van der Waals surface area contributed by atoms with Crippen molar-refractivity contribution >= 4 is 5.78 Å². The zero-order chi connectivity index (χ0) is 16.6. The van der Waals surface area contributed by atoms with Crippen LogP contribution in [0, 0.1) is 11.3 Å². The van der Waals surface area contributed by atoms with Crippen molar-refractivity contribution < 1.29 is 19.0 Å². The predicted molar refractivity (Wildman–Crippen MR) is 81.5 cm³/mol. The summed E-state index contributed by atoms with van der Waals surface area (Å²) in [4.78, 5) is 12.3. The molecule has 0 saturated heterocycles. The summed E-state index contributed by atoms with van der Waals surface area (Å²) in [5.41, 5.74) is 7.38. The van der Waals surface area contributed by atoms with Crippen LogP contribution in [-0.4, -0.2) is 20.0 Å². The molecule has 0 amide bonds. The van der Waals surface area contributed by atoms with Gasteiger partial charge < -0.3 is 19.9 Å². The van der Waals surface area contributed by atoms with Gasteiger partial charge in [0.25, 0.3) is 0 Å². The molecule has 0 fully saturated rings. The molecular formula is C17H16N2O4. The number of ketones is 1. The largest absolute Gasteiger partial charge is 0.493 e. The third-order valence-electron chi connectivity index (χ3n) is 4.12. The van der Waals surface area contributed by atoms with E-state index in [-0.39, 0.29) is 17.2 Å². The van der Waals surface area contributed by atoms with Gasteiger partial charge in [-0.2, -0.15) is 5.26 Å². The standard InChI is InChI=1S/C17H16N2O4/c1-21-12-5-3-9(7-14(12)22-2)15-10(8-18)17(19)23-13-6-4-11(20)16(13)15/h3,5,7,15H,4,6,19H2,1-2H3. The molecule has 1 aliphatic heterocycles. The number of rotatable bonds is 3. The molecule has 0 bridgehead atoms. The molecule has 0 aromatic heterocycles. The molecule has 0 saturated carbocycles. The van der Waals surface area contributed by atoms with Crippen LogP contribution in [0.1, 0.15) is 24.3 Å². The van der Waals surface area contributed by atoms with Crippen LogP contribution in [0.4, 0.5) is 0 Å². The molecular weight excluding hydrogens is 296 g/mol. The van der Waals surface area contributed by atoms with Gasteiger partial charge >= 0.3 is 0 Å². The number of benzene rings is 1. The highest BCUT2D eigenvalue weighted by Gasteiger charge is 2.39. The lowest BCUT2D eigenvalue weighted by atomic mass is 9.83. The smallest absolute Gasteiger partial charge is 0.205 e. The molecule has 1 aromatic rings. The van der Waals surface area contributed by atoms with Crippen molar-refractivity contribution in [3.8, 4) is 17.6 Å². The molecule has 6 nitrogen and oxygen atoms in total. The third-order valence-corrected chi connectivity index (χ3v) is 4.12. The van der Waals surface area contributed by atoms with Crippen molar-refractivity contribution in [3.63, 3.8) is 0 Å². The van der Waals surface area contributed by atoms with E-state index in [0.717, 1.165) is 5.56 Å². The Bertz CT molecular complexity index is 786. The van der Waals surface area contributed by atoms with Crippen LogP contribution in [0.15, 0.2) is 41.0 Å². The molecule has 0 radical (unpaired) electrons. The van der Waals surface area contributed by atoms with Crippen LogP contribution in [0.3, 0.4) is 0 Å². The molecule has 1 unspecified atom stereocenters. The van der Waals surface area contributed by atoms with Gasteiger partial charge in [-0.15, -0.1) is 0 Å². The first-order valence-electron chi connectivity index (χ1n) is 7.16. The predicted octanol–water partition coefficient (Wildman–Crippen LogP) is 2.13. The highest BCUT2D eigenvalue weighted by atomic mass is 16.5. The van der Waals surface area contributed by atoms with Crippen molar-refractivity contribution in [2.45, 2.75) is 18.8 Å². The highest BCUT2D eigenvalue weighted by molar-refractivity contribution is 6.01. The Kier molecular flexibility index (Phi) is 3.70. The summed E-state index contributed by atoms with van der Waals surface area (Å²) >= 11 is 0. The maximum absolute atomic E-state index is 12.3. The summed E-state index contributed by atoms with van der Waals surface area (Å²) in [5.74, 6) is 1.18. The van der Waals surface area contributed by atoms with Gasteiger partial charge in [-0.1, -0.05) is 6.07 Å². The second-order valence-corrected chi connectivity index (χ2v) is 5.30. The van der Waals surface area contributed by atoms with Crippen molar-refractivity contribution in [3.05, 3.63) is 46.6 Å². The first kappa shape index (κ1) is 15.0. The first-order chi connectivity index (χ1) is 11.1. The molecule has 2 N–H and O–H groups in total. The lowest BCUT2D eigenvalue weighted by Gasteiger charge is -2.25. The molecule has 1 aromatic carbocycles. The van der Waals surface area contributed by atoms with E-state index in [0.29, 0.717) is 35.7 Å². The second-order valence-electron chi connectivity index (χ2n) is 5.30. The molecule has 23 heavy (non-hydrogen) atoms. The van der Waals surface area contributed by atoms with Gasteiger partial charge in [0, 0.05) is 18.4 Å². The molecule has 6 heteroatoms. The van der Waals surface area contributed by atoms with Crippen molar-refractivity contribution in [1.82, 2.24) is 0 Å². The summed E-state index contributed by atoms with van der Waals surface area (Å²) < 4.78 is 16.0. The minimum absolute atomic E-state index is 0.0139. The topological polar surface area (TPSA) is 94.6 Å². The Hall–Kier alpha value is -2.94. The number of nitrogens with zero attached hydrogens (tertiary/aromatic N) is 1. The van der Waals surface area contributed by atoms with Gasteiger partial charge in [-0.25, -0.2) is 0 Å². The summed E-state index contributed by atoms with van der Waals surface area (Å²) in [6.45, 7) is 0. The molecule has 118 valence electrons. The fourth-order valence-corrected chi connectivity index (χ4v) is 3.04. The summed E-state index contributed by atoms with van der Waals surface area (Å²) in [5, 5.41) is 9.47. The normalized spacial score (nSPS) is 20.0. The number of nitrogens with two attached hydrogens (primary N) is 1. The van der Waals surface area contributed by atoms with Gasteiger partial charge in [0.1, 0.15) is 17.4 Å². The van der Waals surface area contributed by atoms with Crippen LogP contribution in [0.5, 0.6) is 11.5 Å². The zero-order valence-corrected chi connectivity index (χ0v) is 12.9. The van der Waals surface area contributed by atoms with Gasteiger partial charge in [-0.3, -0.25) is 4.79 Å². The number of carbonyl (C=O) groups is 1. The van der Waals surface area contributed by atoms with E-state index in [1.54, 1.807) is 25.3 Å². The number of hydrogen-bond acceptors (Lipinski definition) is 6. The maximum atomic E-state index is 12.3. The SMILES string of the molecule is COc1ccc(C2C(C#N)=C(N)OC3=C2C(=O)CC3)cc1OC. The minimum Gasteiger partial charge on any atom is -0.493 e. The molecule has 3 rings (SSSR count). The zero-order valence-electron chi connectivity index (χ0n) is 12.9. The van der Waals surface area contributed by atoms with E-state index < -0.39 is 5.92 Å². The van der Waals surface area contributed by atoms with E-state index in [9.17, 15) is 10.1 Å². The summed E-state index contributed by atoms with van der Waals surface area (Å²) in [6, 6.07) is 7.38. The van der Waals surface area contributed by atoms with Crippen molar-refractivity contribution in [2.24, 2.45) is 5.73 Å². The number of ether oxygens (including phenoxy) is 3. The number of methoxy groups -OCH3 is 2. The lowest BCUT2D eigenvalue weighted by Crippen LogP contribution is -2.21. The van der Waals surface area contributed by atoms with Crippen LogP contribution >= 0.6 is 0 Å². The molecule has 0 spiro atoms. The van der Waals surface area contributed by atoms with E-state index >= 15 is 0 Å². The van der Waals surface area contributed by atoms with E-state index in [2.05, 4.69) is 6.07 Å². The Morgan fingerprint density at radius 1 is 1.26 bits per heavy atom. The fourth-order valence-electron chi connectivity index (χ4n) is 3.04. The molecule has 1 atom stereocenters. The van der Waals surface area contributed by atoms with E-state index in [1.807, 2.05) is 0 Å². The van der Waals surface area contributed by atoms with Gasteiger partial charge in [0.2, 0.25) is 5.88 Å².